The van der Waals surface area contributed by atoms with Gasteiger partial charge in [-0.05, 0) is 30.7 Å². The molecule has 0 aromatic heterocycles. The lowest BCUT2D eigenvalue weighted by Crippen LogP contribution is -2.31. The summed E-state index contributed by atoms with van der Waals surface area (Å²) >= 11 is 2.00. The fraction of sp³-hybridized carbons (Fsp3) is 0.588. The summed E-state index contributed by atoms with van der Waals surface area (Å²) in [7, 11) is 0. The van der Waals surface area contributed by atoms with E-state index >= 15 is 0 Å². The molecule has 1 aromatic carbocycles. The Hall–Kier alpha value is -1.000. The van der Waals surface area contributed by atoms with Gasteiger partial charge < -0.3 is 14.8 Å². The molecule has 1 fully saturated rings. The molecule has 2 rings (SSSR count). The lowest BCUT2D eigenvalue weighted by molar-refractivity contribution is -0.109. The summed E-state index contributed by atoms with van der Waals surface area (Å²) in [5.74, 6) is 2.38. The highest BCUT2D eigenvalue weighted by molar-refractivity contribution is 7.99. The SMILES string of the molecule is CCOCC(C)(CC=O)c1ccccc1NC1CCSC1. The number of anilines is 1. The van der Waals surface area contributed by atoms with Crippen LogP contribution in [0.5, 0.6) is 0 Å². The monoisotopic (exact) mass is 307 g/mol. The van der Waals surface area contributed by atoms with Crippen molar-refractivity contribution < 1.29 is 9.53 Å². The molecule has 0 spiro atoms. The van der Waals surface area contributed by atoms with Crippen LogP contribution in [0, 0.1) is 0 Å². The van der Waals surface area contributed by atoms with E-state index < -0.39 is 0 Å². The molecule has 2 atom stereocenters. The zero-order valence-electron chi connectivity index (χ0n) is 12.9. The molecule has 1 N–H and O–H groups in total. The molecular formula is C17H25NO2S. The first-order valence-electron chi connectivity index (χ1n) is 7.65. The maximum atomic E-state index is 11.1. The van der Waals surface area contributed by atoms with Gasteiger partial charge >= 0.3 is 0 Å². The minimum absolute atomic E-state index is 0.271. The second-order valence-corrected chi connectivity index (χ2v) is 6.97. The molecule has 0 bridgehead atoms. The second-order valence-electron chi connectivity index (χ2n) is 5.82. The van der Waals surface area contributed by atoms with Gasteiger partial charge in [0.2, 0.25) is 0 Å². The van der Waals surface area contributed by atoms with Crippen LogP contribution in [0.1, 0.15) is 32.3 Å². The number of rotatable bonds is 8. The van der Waals surface area contributed by atoms with E-state index in [1.165, 1.54) is 17.7 Å². The van der Waals surface area contributed by atoms with Crippen LogP contribution in [0.3, 0.4) is 0 Å². The summed E-state index contributed by atoms with van der Waals surface area (Å²) < 4.78 is 5.64. The van der Waals surface area contributed by atoms with Crippen molar-refractivity contribution in [1.29, 1.82) is 0 Å². The molecule has 116 valence electrons. The van der Waals surface area contributed by atoms with Crippen molar-refractivity contribution in [2.24, 2.45) is 0 Å². The summed E-state index contributed by atoms with van der Waals surface area (Å²) in [6, 6.07) is 8.86. The fourth-order valence-electron chi connectivity index (χ4n) is 2.76. The van der Waals surface area contributed by atoms with Crippen molar-refractivity contribution in [3.63, 3.8) is 0 Å². The Morgan fingerprint density at radius 1 is 1.48 bits per heavy atom. The third-order valence-corrected chi connectivity index (χ3v) is 5.19. The molecule has 0 aliphatic carbocycles. The van der Waals surface area contributed by atoms with Gasteiger partial charge in [-0.15, -0.1) is 0 Å². The van der Waals surface area contributed by atoms with Crippen LogP contribution < -0.4 is 5.32 Å². The average molecular weight is 307 g/mol. The molecule has 1 aromatic rings. The molecule has 2 unspecified atom stereocenters. The van der Waals surface area contributed by atoms with Crippen LogP contribution in [0.4, 0.5) is 5.69 Å². The first kappa shape index (κ1) is 16.4. The van der Waals surface area contributed by atoms with E-state index in [1.807, 2.05) is 24.8 Å². The number of aldehydes is 1. The van der Waals surface area contributed by atoms with Crippen molar-refractivity contribution >= 4 is 23.7 Å². The van der Waals surface area contributed by atoms with E-state index in [0.29, 0.717) is 25.7 Å². The van der Waals surface area contributed by atoms with Gasteiger partial charge in [0.05, 0.1) is 6.61 Å². The van der Waals surface area contributed by atoms with Gasteiger partial charge in [-0.3, -0.25) is 0 Å². The zero-order chi connectivity index (χ0) is 15.1. The van der Waals surface area contributed by atoms with Crippen LogP contribution >= 0.6 is 11.8 Å². The Kier molecular flexibility index (Phi) is 6.12. The largest absolute Gasteiger partial charge is 0.381 e. The lowest BCUT2D eigenvalue weighted by Gasteiger charge is -2.31. The maximum Gasteiger partial charge on any atom is 0.120 e. The molecule has 4 heteroatoms. The summed E-state index contributed by atoms with van der Waals surface area (Å²) in [5.41, 5.74) is 2.06. The Morgan fingerprint density at radius 3 is 2.95 bits per heavy atom. The summed E-state index contributed by atoms with van der Waals surface area (Å²) in [6.45, 7) is 5.34. The van der Waals surface area contributed by atoms with Gasteiger partial charge in [0.1, 0.15) is 6.29 Å². The van der Waals surface area contributed by atoms with E-state index in [4.69, 9.17) is 4.74 Å². The van der Waals surface area contributed by atoms with Crippen LogP contribution in [0.15, 0.2) is 24.3 Å². The maximum absolute atomic E-state index is 11.1. The number of benzene rings is 1. The smallest absolute Gasteiger partial charge is 0.120 e. The topological polar surface area (TPSA) is 38.3 Å². The normalized spacial score (nSPS) is 21.0. The molecular weight excluding hydrogens is 282 g/mol. The van der Waals surface area contributed by atoms with Gasteiger partial charge in [-0.2, -0.15) is 11.8 Å². The number of hydrogen-bond acceptors (Lipinski definition) is 4. The number of nitrogens with one attached hydrogen (secondary N) is 1. The quantitative estimate of drug-likeness (QED) is 0.746. The van der Waals surface area contributed by atoms with Gasteiger partial charge in [0.15, 0.2) is 0 Å². The number of hydrogen-bond donors (Lipinski definition) is 1. The van der Waals surface area contributed by atoms with Crippen LogP contribution in [0.25, 0.3) is 0 Å². The molecule has 0 amide bonds. The lowest BCUT2D eigenvalue weighted by atomic mass is 9.79. The molecule has 3 nitrogen and oxygen atoms in total. The van der Waals surface area contributed by atoms with Crippen molar-refractivity contribution in [3.8, 4) is 0 Å². The van der Waals surface area contributed by atoms with Gasteiger partial charge in [0.25, 0.3) is 0 Å². The predicted molar refractivity (Wildman–Crippen MR) is 90.3 cm³/mol. The Balaban J connectivity index is 2.23. The third-order valence-electron chi connectivity index (χ3n) is 4.03. The summed E-state index contributed by atoms with van der Waals surface area (Å²) in [5, 5.41) is 3.66. The molecule has 1 heterocycles. The van der Waals surface area contributed by atoms with E-state index in [0.717, 1.165) is 17.7 Å². The fourth-order valence-corrected chi connectivity index (χ4v) is 3.91. The number of thioether (sulfide) groups is 1. The van der Waals surface area contributed by atoms with E-state index in [-0.39, 0.29) is 5.41 Å². The highest BCUT2D eigenvalue weighted by atomic mass is 32.2. The van der Waals surface area contributed by atoms with Crippen LogP contribution in [-0.2, 0) is 14.9 Å². The van der Waals surface area contributed by atoms with Crippen molar-refractivity contribution in [2.45, 2.75) is 38.1 Å². The summed E-state index contributed by atoms with van der Waals surface area (Å²) in [4.78, 5) is 11.1. The number of para-hydroxylation sites is 1. The van der Waals surface area contributed by atoms with E-state index in [9.17, 15) is 4.79 Å². The minimum atomic E-state index is -0.271. The van der Waals surface area contributed by atoms with Crippen LogP contribution in [0.2, 0.25) is 0 Å². The first-order valence-corrected chi connectivity index (χ1v) is 8.80. The van der Waals surface area contributed by atoms with Gasteiger partial charge in [-0.1, -0.05) is 25.1 Å². The van der Waals surface area contributed by atoms with Crippen molar-refractivity contribution in [2.75, 3.05) is 30.0 Å². The average Bonchev–Trinajstić information content (AvgIpc) is 2.99. The molecule has 1 aliphatic rings. The van der Waals surface area contributed by atoms with Crippen molar-refractivity contribution in [3.05, 3.63) is 29.8 Å². The highest BCUT2D eigenvalue weighted by Crippen LogP contribution is 2.34. The Labute approximate surface area is 131 Å². The van der Waals surface area contributed by atoms with Crippen LogP contribution in [-0.4, -0.2) is 37.0 Å². The van der Waals surface area contributed by atoms with Crippen molar-refractivity contribution in [1.82, 2.24) is 0 Å². The van der Waals surface area contributed by atoms with Gasteiger partial charge in [0, 0.05) is 35.9 Å². The summed E-state index contributed by atoms with van der Waals surface area (Å²) in [6.07, 6.45) is 2.68. The molecule has 0 radical (unpaired) electrons. The highest BCUT2D eigenvalue weighted by Gasteiger charge is 2.30. The molecule has 1 aliphatic heterocycles. The Bertz CT molecular complexity index is 460. The number of carbonyl (C=O) groups is 1. The Morgan fingerprint density at radius 2 is 2.29 bits per heavy atom. The third kappa shape index (κ3) is 4.24. The molecule has 0 saturated carbocycles. The number of ether oxygens (including phenoxy) is 1. The second kappa shape index (κ2) is 7.85. The predicted octanol–water partition coefficient (Wildman–Crippen LogP) is 3.49. The molecule has 21 heavy (non-hydrogen) atoms. The van der Waals surface area contributed by atoms with Gasteiger partial charge in [-0.25, -0.2) is 0 Å². The van der Waals surface area contributed by atoms with E-state index in [1.54, 1.807) is 0 Å². The minimum Gasteiger partial charge on any atom is -0.381 e. The number of carbonyl (C=O) groups excluding carboxylic acids is 1. The van der Waals surface area contributed by atoms with E-state index in [2.05, 4.69) is 30.4 Å². The zero-order valence-corrected chi connectivity index (χ0v) is 13.7. The first-order chi connectivity index (χ1) is 10.2. The standard InChI is InChI=1S/C17H25NO2S/c1-3-20-13-17(2,9-10-19)15-6-4-5-7-16(15)18-14-8-11-21-12-14/h4-7,10,14,18H,3,8-9,11-13H2,1-2H3. The molecule has 1 saturated heterocycles.